The van der Waals surface area contributed by atoms with E-state index in [-0.39, 0.29) is 16.8 Å². The van der Waals surface area contributed by atoms with Crippen molar-refractivity contribution in [1.29, 1.82) is 0 Å². The van der Waals surface area contributed by atoms with Crippen LogP contribution >= 0.6 is 0 Å². The van der Waals surface area contributed by atoms with E-state index in [2.05, 4.69) is 20.9 Å². The van der Waals surface area contributed by atoms with Gasteiger partial charge in [-0.25, -0.2) is 13.1 Å². The van der Waals surface area contributed by atoms with Gasteiger partial charge in [-0.15, -0.1) is 0 Å². The molecule has 0 heterocycles. The highest BCUT2D eigenvalue weighted by Crippen LogP contribution is 2.23. The van der Waals surface area contributed by atoms with E-state index in [1.54, 1.807) is 54.6 Å². The van der Waals surface area contributed by atoms with Crippen LogP contribution in [0.1, 0.15) is 39.1 Å². The molecule has 170 valence electrons. The molecule has 0 aromatic heterocycles. The summed E-state index contributed by atoms with van der Waals surface area (Å²) in [6.45, 7) is 1.84. The Kier molecular flexibility index (Phi) is 6.43. The first-order valence-corrected chi connectivity index (χ1v) is 12.0. The quantitative estimate of drug-likeness (QED) is 0.381. The van der Waals surface area contributed by atoms with E-state index in [1.807, 2.05) is 13.0 Å². The number of anilines is 2. The second-order valence-electron chi connectivity index (χ2n) is 7.85. The highest BCUT2D eigenvalue weighted by Gasteiger charge is 2.27. The lowest BCUT2D eigenvalue weighted by atomic mass is 10.1. The average Bonchev–Trinajstić information content (AvgIpc) is 3.63. The summed E-state index contributed by atoms with van der Waals surface area (Å²) < 4.78 is 27.1. The van der Waals surface area contributed by atoms with Gasteiger partial charge in [-0.2, -0.15) is 0 Å². The van der Waals surface area contributed by atoms with Crippen molar-refractivity contribution in [3.05, 3.63) is 89.5 Å². The Hall–Kier alpha value is -3.69. The standard InChI is InChI=1S/C24H24N4O4S/c1-16-7-8-18(15-22(16)25-23(29)17-5-3-2-4-6-17)24(30)27-26-19-11-13-21(14-12-19)33(31,32)28-20-9-10-20/h2-8,11-15,20,26,28H,9-10H2,1H3,(H,25,29)(H,27,30). The van der Waals surface area contributed by atoms with E-state index >= 15 is 0 Å². The maximum atomic E-state index is 12.6. The molecule has 1 fully saturated rings. The highest BCUT2D eigenvalue weighted by atomic mass is 32.2. The molecule has 0 bridgehead atoms. The van der Waals surface area contributed by atoms with Gasteiger partial charge in [0.05, 0.1) is 10.6 Å². The van der Waals surface area contributed by atoms with Gasteiger partial charge >= 0.3 is 0 Å². The van der Waals surface area contributed by atoms with Crippen LogP contribution in [-0.2, 0) is 10.0 Å². The van der Waals surface area contributed by atoms with Crippen molar-refractivity contribution in [1.82, 2.24) is 10.1 Å². The molecule has 9 heteroatoms. The van der Waals surface area contributed by atoms with Crippen LogP contribution in [0.2, 0.25) is 0 Å². The molecular weight excluding hydrogens is 440 g/mol. The molecule has 0 spiro atoms. The van der Waals surface area contributed by atoms with Crippen LogP contribution in [0.4, 0.5) is 11.4 Å². The number of benzene rings is 3. The molecule has 4 rings (SSSR count). The molecule has 0 saturated heterocycles. The number of hydrogen-bond acceptors (Lipinski definition) is 5. The molecular formula is C24H24N4O4S. The fraction of sp³-hybridized carbons (Fsp3) is 0.167. The summed E-state index contributed by atoms with van der Waals surface area (Å²) in [7, 11) is -3.53. The summed E-state index contributed by atoms with van der Waals surface area (Å²) in [5.41, 5.74) is 8.11. The summed E-state index contributed by atoms with van der Waals surface area (Å²) in [5, 5.41) is 2.83. The number of hydrazine groups is 1. The topological polar surface area (TPSA) is 116 Å². The summed E-state index contributed by atoms with van der Waals surface area (Å²) in [4.78, 5) is 25.2. The Labute approximate surface area is 192 Å². The number of sulfonamides is 1. The first kappa shape index (κ1) is 22.5. The van der Waals surface area contributed by atoms with Gasteiger partial charge < -0.3 is 5.32 Å². The first-order chi connectivity index (χ1) is 15.8. The lowest BCUT2D eigenvalue weighted by Crippen LogP contribution is -2.29. The predicted octanol–water partition coefficient (Wildman–Crippen LogP) is 3.44. The van der Waals surface area contributed by atoms with Crippen LogP contribution < -0.4 is 20.9 Å². The Balaban J connectivity index is 1.38. The Bertz CT molecular complexity index is 1270. The van der Waals surface area contributed by atoms with Gasteiger partial charge in [0, 0.05) is 22.9 Å². The van der Waals surface area contributed by atoms with Crippen molar-refractivity contribution in [2.75, 3.05) is 10.7 Å². The van der Waals surface area contributed by atoms with Crippen molar-refractivity contribution in [2.24, 2.45) is 0 Å². The molecule has 1 aliphatic rings. The number of amides is 2. The monoisotopic (exact) mass is 464 g/mol. The van der Waals surface area contributed by atoms with E-state index in [1.165, 1.54) is 12.1 Å². The second kappa shape index (κ2) is 9.43. The van der Waals surface area contributed by atoms with E-state index < -0.39 is 15.9 Å². The largest absolute Gasteiger partial charge is 0.322 e. The van der Waals surface area contributed by atoms with E-state index in [9.17, 15) is 18.0 Å². The SMILES string of the molecule is Cc1ccc(C(=O)NNc2ccc(S(=O)(=O)NC3CC3)cc2)cc1NC(=O)c1ccccc1. The van der Waals surface area contributed by atoms with Gasteiger partial charge in [-0.1, -0.05) is 24.3 Å². The predicted molar refractivity (Wildman–Crippen MR) is 126 cm³/mol. The lowest BCUT2D eigenvalue weighted by Gasteiger charge is -2.12. The van der Waals surface area contributed by atoms with E-state index in [0.29, 0.717) is 22.5 Å². The second-order valence-corrected chi connectivity index (χ2v) is 9.56. The zero-order valence-corrected chi connectivity index (χ0v) is 18.8. The smallest absolute Gasteiger partial charge is 0.269 e. The van der Waals surface area contributed by atoms with Crippen LogP contribution in [0.25, 0.3) is 0 Å². The van der Waals surface area contributed by atoms with Crippen molar-refractivity contribution < 1.29 is 18.0 Å². The molecule has 33 heavy (non-hydrogen) atoms. The molecule has 1 aliphatic carbocycles. The molecule has 3 aromatic rings. The summed E-state index contributed by atoms with van der Waals surface area (Å²) in [6.07, 6.45) is 1.73. The maximum absolute atomic E-state index is 12.6. The minimum Gasteiger partial charge on any atom is -0.322 e. The summed E-state index contributed by atoms with van der Waals surface area (Å²) in [5.74, 6) is -0.669. The molecule has 0 aliphatic heterocycles. The molecule has 3 aromatic carbocycles. The average molecular weight is 465 g/mol. The Morgan fingerprint density at radius 3 is 2.21 bits per heavy atom. The van der Waals surface area contributed by atoms with Crippen molar-refractivity contribution in [3.63, 3.8) is 0 Å². The summed E-state index contributed by atoms with van der Waals surface area (Å²) in [6, 6.07) is 20.0. The molecule has 0 radical (unpaired) electrons. The van der Waals surface area contributed by atoms with Crippen LogP contribution in [0.15, 0.2) is 77.7 Å². The van der Waals surface area contributed by atoms with Crippen LogP contribution in [-0.4, -0.2) is 26.3 Å². The zero-order chi connectivity index (χ0) is 23.4. The number of aryl methyl sites for hydroxylation is 1. The Morgan fingerprint density at radius 2 is 1.55 bits per heavy atom. The molecule has 2 amide bonds. The number of nitrogens with one attached hydrogen (secondary N) is 4. The van der Waals surface area contributed by atoms with Gasteiger partial charge in [0.2, 0.25) is 10.0 Å². The fourth-order valence-corrected chi connectivity index (χ4v) is 4.39. The van der Waals surface area contributed by atoms with Crippen LogP contribution in [0.5, 0.6) is 0 Å². The van der Waals surface area contributed by atoms with Gasteiger partial charge in [-0.05, 0) is 73.9 Å². The summed E-state index contributed by atoms with van der Waals surface area (Å²) >= 11 is 0. The minimum atomic E-state index is -3.53. The van der Waals surface area contributed by atoms with Gasteiger partial charge in [0.25, 0.3) is 11.8 Å². The van der Waals surface area contributed by atoms with Crippen molar-refractivity contribution >= 4 is 33.2 Å². The molecule has 1 saturated carbocycles. The third-order valence-electron chi connectivity index (χ3n) is 5.17. The number of rotatable bonds is 8. The number of carbonyl (C=O) groups excluding carboxylic acids is 2. The normalized spacial score (nSPS) is 13.2. The highest BCUT2D eigenvalue weighted by molar-refractivity contribution is 7.89. The first-order valence-electron chi connectivity index (χ1n) is 10.5. The Morgan fingerprint density at radius 1 is 0.848 bits per heavy atom. The van der Waals surface area contributed by atoms with E-state index in [4.69, 9.17) is 0 Å². The molecule has 0 unspecified atom stereocenters. The zero-order valence-electron chi connectivity index (χ0n) is 18.0. The maximum Gasteiger partial charge on any atom is 0.269 e. The molecule has 0 atom stereocenters. The van der Waals surface area contributed by atoms with Gasteiger partial charge in [0.1, 0.15) is 0 Å². The molecule has 8 nitrogen and oxygen atoms in total. The number of carbonyl (C=O) groups is 2. The third-order valence-corrected chi connectivity index (χ3v) is 6.70. The van der Waals surface area contributed by atoms with Crippen molar-refractivity contribution in [2.45, 2.75) is 30.7 Å². The molecule has 4 N–H and O–H groups in total. The minimum absolute atomic E-state index is 0.0315. The van der Waals surface area contributed by atoms with Crippen molar-refractivity contribution in [3.8, 4) is 0 Å². The third kappa shape index (κ3) is 5.76. The lowest BCUT2D eigenvalue weighted by molar-refractivity contribution is 0.0961. The van der Waals surface area contributed by atoms with Gasteiger partial charge in [-0.3, -0.25) is 20.4 Å². The van der Waals surface area contributed by atoms with Crippen LogP contribution in [0, 0.1) is 6.92 Å². The number of hydrogen-bond donors (Lipinski definition) is 4. The van der Waals surface area contributed by atoms with E-state index in [0.717, 1.165) is 18.4 Å². The van der Waals surface area contributed by atoms with Crippen LogP contribution in [0.3, 0.4) is 0 Å². The fourth-order valence-electron chi connectivity index (χ4n) is 3.09. The van der Waals surface area contributed by atoms with Gasteiger partial charge in [0.15, 0.2) is 0 Å².